The Hall–Kier alpha value is -0.570. The molecule has 8 heteroatoms. The van der Waals surface area contributed by atoms with E-state index < -0.39 is 16.1 Å². The van der Waals surface area contributed by atoms with Gasteiger partial charge in [0.2, 0.25) is 10.0 Å². The molecule has 1 N–H and O–H groups in total. The van der Waals surface area contributed by atoms with Crippen molar-refractivity contribution in [2.75, 3.05) is 19.3 Å². The van der Waals surface area contributed by atoms with Crippen LogP contribution in [-0.4, -0.2) is 46.8 Å². The van der Waals surface area contributed by atoms with Gasteiger partial charge in [0, 0.05) is 13.1 Å². The molecule has 2 unspecified atom stereocenters. The fourth-order valence-corrected chi connectivity index (χ4v) is 4.46. The van der Waals surface area contributed by atoms with Gasteiger partial charge in [0.15, 0.2) is 0 Å². The second kappa shape index (κ2) is 7.13. The molecule has 6 nitrogen and oxygen atoms in total. The van der Waals surface area contributed by atoms with Gasteiger partial charge in [-0.05, 0) is 43.1 Å². The molecule has 2 rings (SSSR count). The molecule has 0 radical (unpaired) electrons. The number of piperidine rings is 1. The summed E-state index contributed by atoms with van der Waals surface area (Å²) in [6.45, 7) is 3.17. The number of rotatable bonds is 6. The second-order valence-electron chi connectivity index (χ2n) is 5.71. The number of aromatic nitrogens is 2. The Morgan fingerprint density at radius 1 is 1.52 bits per heavy atom. The highest BCUT2D eigenvalue weighted by molar-refractivity contribution is 7.88. The highest BCUT2D eigenvalue weighted by Crippen LogP contribution is 2.31. The van der Waals surface area contributed by atoms with Crippen LogP contribution in [0.1, 0.15) is 49.3 Å². The summed E-state index contributed by atoms with van der Waals surface area (Å²) in [6, 6.07) is 0. The van der Waals surface area contributed by atoms with Crippen LogP contribution in [0.4, 0.5) is 0 Å². The van der Waals surface area contributed by atoms with Crippen molar-refractivity contribution in [2.45, 2.75) is 45.1 Å². The number of nitrogens with zero attached hydrogens (tertiary/aromatic N) is 3. The third kappa shape index (κ3) is 4.45. The number of aliphatic hydroxyl groups excluding tert-OH is 1. The molecule has 0 amide bonds. The maximum atomic E-state index is 11.6. The van der Waals surface area contributed by atoms with Gasteiger partial charge in [-0.3, -0.25) is 0 Å². The van der Waals surface area contributed by atoms with Gasteiger partial charge in [0.25, 0.3) is 0 Å². The van der Waals surface area contributed by atoms with E-state index in [9.17, 15) is 13.5 Å². The van der Waals surface area contributed by atoms with Crippen LogP contribution in [0.3, 0.4) is 0 Å². The van der Waals surface area contributed by atoms with E-state index >= 15 is 0 Å². The maximum absolute atomic E-state index is 11.6. The first-order chi connectivity index (χ1) is 9.91. The van der Waals surface area contributed by atoms with Crippen molar-refractivity contribution < 1.29 is 13.5 Å². The Morgan fingerprint density at radius 3 is 2.95 bits per heavy atom. The molecule has 2 heterocycles. The lowest BCUT2D eigenvalue weighted by Crippen LogP contribution is -2.39. The van der Waals surface area contributed by atoms with Crippen LogP contribution in [0.2, 0.25) is 0 Å². The maximum Gasteiger partial charge on any atom is 0.211 e. The first-order valence-corrected chi connectivity index (χ1v) is 9.98. The molecule has 1 fully saturated rings. The molecule has 0 aliphatic carbocycles. The van der Waals surface area contributed by atoms with Gasteiger partial charge >= 0.3 is 0 Å². The molecule has 120 valence electrons. The van der Waals surface area contributed by atoms with E-state index in [-0.39, 0.29) is 5.92 Å². The average Bonchev–Trinajstić information content (AvgIpc) is 2.87. The van der Waals surface area contributed by atoms with Crippen LogP contribution >= 0.6 is 11.5 Å². The highest BCUT2D eigenvalue weighted by Gasteiger charge is 2.28. The van der Waals surface area contributed by atoms with Crippen molar-refractivity contribution in [3.63, 3.8) is 0 Å². The number of aryl methyl sites for hydroxylation is 1. The molecule has 0 aromatic carbocycles. The molecule has 1 aliphatic rings. The van der Waals surface area contributed by atoms with Crippen molar-refractivity contribution >= 4 is 21.6 Å². The molecular weight excluding hydrogens is 310 g/mol. The summed E-state index contributed by atoms with van der Waals surface area (Å²) < 4.78 is 28.7. The van der Waals surface area contributed by atoms with Gasteiger partial charge in [-0.25, -0.2) is 12.7 Å². The smallest absolute Gasteiger partial charge is 0.211 e. The molecule has 1 aliphatic heterocycles. The van der Waals surface area contributed by atoms with Crippen molar-refractivity contribution in [1.29, 1.82) is 0 Å². The van der Waals surface area contributed by atoms with Gasteiger partial charge in [-0.15, -0.1) is 5.10 Å². The standard InChI is InChI=1S/C13H23N3O3S2/c1-3-5-11-13(20-15-14-11)12(17)8-10-6-4-7-16(9-10)21(2,18)19/h10,12,17H,3-9H2,1-2H3. The molecule has 0 bridgehead atoms. The third-order valence-corrected chi connectivity index (χ3v) is 6.02. The average molecular weight is 333 g/mol. The van der Waals surface area contributed by atoms with E-state index in [2.05, 4.69) is 16.5 Å². The number of hydrogen-bond acceptors (Lipinski definition) is 6. The summed E-state index contributed by atoms with van der Waals surface area (Å²) in [5, 5.41) is 14.5. The van der Waals surface area contributed by atoms with Gasteiger partial charge in [-0.2, -0.15) is 0 Å². The molecule has 0 saturated carbocycles. The van der Waals surface area contributed by atoms with Crippen LogP contribution in [0.15, 0.2) is 0 Å². The number of hydrogen-bond donors (Lipinski definition) is 1. The van der Waals surface area contributed by atoms with Crippen LogP contribution < -0.4 is 0 Å². The lowest BCUT2D eigenvalue weighted by Gasteiger charge is -2.31. The lowest BCUT2D eigenvalue weighted by atomic mass is 9.92. The van der Waals surface area contributed by atoms with Crippen LogP contribution in [0.5, 0.6) is 0 Å². The van der Waals surface area contributed by atoms with E-state index in [0.717, 1.165) is 36.3 Å². The zero-order valence-corrected chi connectivity index (χ0v) is 14.2. The Bertz CT molecular complexity index is 559. The summed E-state index contributed by atoms with van der Waals surface area (Å²) >= 11 is 1.25. The van der Waals surface area contributed by atoms with Crippen molar-refractivity contribution in [2.24, 2.45) is 5.92 Å². The predicted octanol–water partition coefficient (Wildman–Crippen LogP) is 1.59. The third-order valence-electron chi connectivity index (χ3n) is 3.88. The SMILES string of the molecule is CCCc1nnsc1C(O)CC1CCCN(S(C)(=O)=O)C1. The van der Waals surface area contributed by atoms with E-state index in [0.29, 0.717) is 19.5 Å². The Kier molecular flexibility index (Phi) is 5.70. The molecule has 0 spiro atoms. The van der Waals surface area contributed by atoms with Crippen LogP contribution in [-0.2, 0) is 16.4 Å². The molecule has 1 aromatic rings. The van der Waals surface area contributed by atoms with Crippen LogP contribution in [0, 0.1) is 5.92 Å². The first kappa shape index (κ1) is 16.8. The minimum Gasteiger partial charge on any atom is -0.387 e. The van der Waals surface area contributed by atoms with E-state index in [1.807, 2.05) is 0 Å². The zero-order valence-electron chi connectivity index (χ0n) is 12.5. The van der Waals surface area contributed by atoms with Crippen LogP contribution in [0.25, 0.3) is 0 Å². The predicted molar refractivity (Wildman–Crippen MR) is 82.6 cm³/mol. The van der Waals surface area contributed by atoms with Gasteiger partial charge in [0.05, 0.1) is 22.9 Å². The minimum atomic E-state index is -3.14. The normalized spacial score (nSPS) is 22.3. The van der Waals surface area contributed by atoms with Crippen molar-refractivity contribution in [3.8, 4) is 0 Å². The van der Waals surface area contributed by atoms with Gasteiger partial charge < -0.3 is 5.11 Å². The number of aliphatic hydroxyl groups is 1. The summed E-state index contributed by atoms with van der Waals surface area (Å²) in [7, 11) is -3.14. The first-order valence-electron chi connectivity index (χ1n) is 7.36. The fourth-order valence-electron chi connectivity index (χ4n) is 2.82. The minimum absolute atomic E-state index is 0.194. The monoisotopic (exact) mass is 333 g/mol. The lowest BCUT2D eigenvalue weighted by molar-refractivity contribution is 0.124. The van der Waals surface area contributed by atoms with Crippen molar-refractivity contribution in [3.05, 3.63) is 10.6 Å². The van der Waals surface area contributed by atoms with Crippen molar-refractivity contribution in [1.82, 2.24) is 13.9 Å². The van der Waals surface area contributed by atoms with E-state index in [1.165, 1.54) is 22.1 Å². The molecule has 1 aromatic heterocycles. The summed E-state index contributed by atoms with van der Waals surface area (Å²) in [5.41, 5.74) is 0.880. The summed E-state index contributed by atoms with van der Waals surface area (Å²) in [5.74, 6) is 0.194. The molecule has 2 atom stereocenters. The second-order valence-corrected chi connectivity index (χ2v) is 8.48. The Balaban J connectivity index is 1.99. The summed E-state index contributed by atoms with van der Waals surface area (Å²) in [6.07, 6.45) is 4.84. The molecule has 1 saturated heterocycles. The summed E-state index contributed by atoms with van der Waals surface area (Å²) in [4.78, 5) is 0.841. The van der Waals surface area contributed by atoms with Gasteiger partial charge in [0.1, 0.15) is 0 Å². The molecular formula is C13H23N3O3S2. The Morgan fingerprint density at radius 2 is 2.29 bits per heavy atom. The Labute approximate surface area is 130 Å². The molecule has 21 heavy (non-hydrogen) atoms. The largest absolute Gasteiger partial charge is 0.387 e. The quantitative estimate of drug-likeness (QED) is 0.854. The zero-order chi connectivity index (χ0) is 15.5. The topological polar surface area (TPSA) is 83.4 Å². The number of sulfonamides is 1. The van der Waals surface area contributed by atoms with E-state index in [1.54, 1.807) is 0 Å². The highest BCUT2D eigenvalue weighted by atomic mass is 32.2. The fraction of sp³-hybridized carbons (Fsp3) is 0.846. The van der Waals surface area contributed by atoms with Gasteiger partial charge in [-0.1, -0.05) is 17.8 Å². The van der Waals surface area contributed by atoms with E-state index in [4.69, 9.17) is 0 Å².